The molecule has 1 heterocycles. The van der Waals surface area contributed by atoms with E-state index in [1.807, 2.05) is 0 Å². The molecule has 0 spiro atoms. The zero-order valence-corrected chi connectivity index (χ0v) is 16.8. The molecule has 2 aliphatic rings. The third kappa shape index (κ3) is 4.24. The lowest BCUT2D eigenvalue weighted by Gasteiger charge is -2.31. The molecule has 0 bridgehead atoms. The fourth-order valence-corrected chi connectivity index (χ4v) is 3.95. The second kappa shape index (κ2) is 8.54. The van der Waals surface area contributed by atoms with Crippen molar-refractivity contribution in [3.05, 3.63) is 35.0 Å². The Labute approximate surface area is 165 Å². The summed E-state index contributed by atoms with van der Waals surface area (Å²) in [6.45, 7) is 3.89. The second-order valence-corrected chi connectivity index (χ2v) is 7.48. The van der Waals surface area contributed by atoms with Crippen molar-refractivity contribution in [2.75, 3.05) is 14.2 Å². The number of methoxy groups -OCH3 is 2. The number of urea groups is 1. The van der Waals surface area contributed by atoms with Crippen LogP contribution >= 0.6 is 0 Å². The number of ether oxygens (including phenoxy) is 3. The third-order valence-corrected chi connectivity index (χ3v) is 5.40. The third-order valence-electron chi connectivity index (χ3n) is 5.40. The highest BCUT2D eigenvalue weighted by atomic mass is 16.5. The number of amides is 2. The van der Waals surface area contributed by atoms with E-state index < -0.39 is 12.0 Å². The standard InChI is InChI=1S/C21H28N2O5/c1-12-6-5-7-15(10-12)28-20(24)18-13(2)22-21(25)23-19(18)16-9-8-14(26-3)11-17(16)27-4/h8-9,11-12,15,19H,5-7,10H2,1-4H3,(H2,22,23,25)/t12-,15+,19+/m1/s1. The molecule has 1 aliphatic carbocycles. The Bertz CT molecular complexity index is 789. The summed E-state index contributed by atoms with van der Waals surface area (Å²) in [7, 11) is 3.11. The minimum absolute atomic E-state index is 0.0902. The van der Waals surface area contributed by atoms with Gasteiger partial charge in [0, 0.05) is 17.3 Å². The van der Waals surface area contributed by atoms with Crippen molar-refractivity contribution in [3.8, 4) is 11.5 Å². The molecule has 2 amide bonds. The first-order valence-corrected chi connectivity index (χ1v) is 9.64. The van der Waals surface area contributed by atoms with Gasteiger partial charge >= 0.3 is 12.0 Å². The molecule has 28 heavy (non-hydrogen) atoms. The first-order chi connectivity index (χ1) is 13.4. The highest BCUT2D eigenvalue weighted by molar-refractivity contribution is 5.95. The quantitative estimate of drug-likeness (QED) is 0.755. The van der Waals surface area contributed by atoms with Crippen molar-refractivity contribution in [1.82, 2.24) is 10.6 Å². The Morgan fingerprint density at radius 3 is 2.64 bits per heavy atom. The van der Waals surface area contributed by atoms with E-state index in [1.165, 1.54) is 6.42 Å². The number of benzene rings is 1. The van der Waals surface area contributed by atoms with Gasteiger partial charge in [0.15, 0.2) is 0 Å². The summed E-state index contributed by atoms with van der Waals surface area (Å²) in [5.41, 5.74) is 1.54. The fourth-order valence-electron chi connectivity index (χ4n) is 3.95. The number of allylic oxidation sites excluding steroid dienone is 1. The van der Waals surface area contributed by atoms with Crippen molar-refractivity contribution in [1.29, 1.82) is 0 Å². The zero-order valence-electron chi connectivity index (χ0n) is 16.8. The molecular formula is C21H28N2O5. The number of rotatable bonds is 5. The molecule has 1 aromatic carbocycles. The average molecular weight is 388 g/mol. The molecule has 7 nitrogen and oxygen atoms in total. The van der Waals surface area contributed by atoms with Crippen molar-refractivity contribution >= 4 is 12.0 Å². The number of nitrogens with one attached hydrogen (secondary N) is 2. The van der Waals surface area contributed by atoms with Gasteiger partial charge < -0.3 is 24.8 Å². The van der Waals surface area contributed by atoms with Gasteiger partial charge in [0.2, 0.25) is 0 Å². The van der Waals surface area contributed by atoms with Crippen LogP contribution in [-0.2, 0) is 9.53 Å². The summed E-state index contributed by atoms with van der Waals surface area (Å²) >= 11 is 0. The van der Waals surface area contributed by atoms with Crippen LogP contribution in [0.5, 0.6) is 11.5 Å². The maximum absolute atomic E-state index is 13.1. The smallest absolute Gasteiger partial charge is 0.338 e. The molecule has 2 N–H and O–H groups in total. The molecule has 1 fully saturated rings. The molecule has 0 unspecified atom stereocenters. The summed E-state index contributed by atoms with van der Waals surface area (Å²) in [6.07, 6.45) is 3.88. The van der Waals surface area contributed by atoms with E-state index >= 15 is 0 Å². The number of carbonyl (C=O) groups is 2. The van der Waals surface area contributed by atoms with E-state index in [9.17, 15) is 9.59 Å². The summed E-state index contributed by atoms with van der Waals surface area (Å²) in [5, 5.41) is 5.50. The lowest BCUT2D eigenvalue weighted by atomic mass is 9.88. The highest BCUT2D eigenvalue weighted by Gasteiger charge is 2.35. The van der Waals surface area contributed by atoms with E-state index in [4.69, 9.17) is 14.2 Å². The van der Waals surface area contributed by atoms with Crippen molar-refractivity contribution in [2.24, 2.45) is 5.92 Å². The number of hydrogen-bond donors (Lipinski definition) is 2. The minimum Gasteiger partial charge on any atom is -0.497 e. The Balaban J connectivity index is 1.91. The Kier molecular flexibility index (Phi) is 6.11. The lowest BCUT2D eigenvalue weighted by Crippen LogP contribution is -2.45. The normalized spacial score (nSPS) is 24.9. The Hall–Kier alpha value is -2.70. The lowest BCUT2D eigenvalue weighted by molar-refractivity contribution is -0.146. The van der Waals surface area contributed by atoms with Gasteiger partial charge in [0.05, 0.1) is 25.8 Å². The van der Waals surface area contributed by atoms with Crippen LogP contribution in [0.1, 0.15) is 51.1 Å². The van der Waals surface area contributed by atoms with Gasteiger partial charge in [-0.2, -0.15) is 0 Å². The summed E-state index contributed by atoms with van der Waals surface area (Å²) < 4.78 is 16.5. The van der Waals surface area contributed by atoms with Gasteiger partial charge in [-0.15, -0.1) is 0 Å². The predicted molar refractivity (Wildman–Crippen MR) is 104 cm³/mol. The highest BCUT2D eigenvalue weighted by Crippen LogP contribution is 2.36. The van der Waals surface area contributed by atoms with Crippen LogP contribution in [0.25, 0.3) is 0 Å². The molecule has 1 aromatic rings. The van der Waals surface area contributed by atoms with Crippen molar-refractivity contribution < 1.29 is 23.8 Å². The molecule has 1 aliphatic heterocycles. The topological polar surface area (TPSA) is 85.9 Å². The van der Waals surface area contributed by atoms with Gasteiger partial charge in [-0.05, 0) is 44.2 Å². The monoisotopic (exact) mass is 388 g/mol. The van der Waals surface area contributed by atoms with Crippen LogP contribution in [0.4, 0.5) is 4.79 Å². The van der Waals surface area contributed by atoms with Crippen LogP contribution in [0.3, 0.4) is 0 Å². The summed E-state index contributed by atoms with van der Waals surface area (Å²) in [6, 6.07) is 4.25. The fraction of sp³-hybridized carbons (Fsp3) is 0.524. The van der Waals surface area contributed by atoms with E-state index in [0.717, 1.165) is 19.3 Å². The van der Waals surface area contributed by atoms with Crippen LogP contribution in [0.2, 0.25) is 0 Å². The van der Waals surface area contributed by atoms with Crippen LogP contribution in [0, 0.1) is 5.92 Å². The van der Waals surface area contributed by atoms with Gasteiger partial charge in [0.1, 0.15) is 17.6 Å². The molecule has 3 rings (SSSR count). The largest absolute Gasteiger partial charge is 0.497 e. The SMILES string of the molecule is COc1ccc([C@@H]2NC(=O)NC(C)=C2C(=O)O[C@H]2CCC[C@@H](C)C2)c(OC)c1. The maximum atomic E-state index is 13.1. The van der Waals surface area contributed by atoms with Gasteiger partial charge in [0.25, 0.3) is 0 Å². The van der Waals surface area contributed by atoms with Gasteiger partial charge in [-0.25, -0.2) is 9.59 Å². The first kappa shape index (κ1) is 20.0. The second-order valence-electron chi connectivity index (χ2n) is 7.48. The molecular weight excluding hydrogens is 360 g/mol. The van der Waals surface area contributed by atoms with E-state index in [1.54, 1.807) is 39.3 Å². The van der Waals surface area contributed by atoms with Crippen LogP contribution in [0.15, 0.2) is 29.5 Å². The first-order valence-electron chi connectivity index (χ1n) is 9.64. The van der Waals surface area contributed by atoms with E-state index in [-0.39, 0.29) is 12.1 Å². The zero-order chi connectivity index (χ0) is 20.3. The predicted octanol–water partition coefficient (Wildman–Crippen LogP) is 3.45. The summed E-state index contributed by atoms with van der Waals surface area (Å²) in [4.78, 5) is 25.2. The van der Waals surface area contributed by atoms with Crippen LogP contribution < -0.4 is 20.1 Å². The number of esters is 1. The molecule has 0 aromatic heterocycles. The number of carbonyl (C=O) groups excluding carboxylic acids is 2. The maximum Gasteiger partial charge on any atom is 0.338 e. The van der Waals surface area contributed by atoms with Gasteiger partial charge in [-0.1, -0.05) is 13.3 Å². The average Bonchev–Trinajstić information content (AvgIpc) is 2.66. The molecule has 0 saturated heterocycles. The Morgan fingerprint density at radius 1 is 1.18 bits per heavy atom. The molecule has 0 radical (unpaired) electrons. The molecule has 1 saturated carbocycles. The van der Waals surface area contributed by atoms with E-state index in [0.29, 0.717) is 34.3 Å². The summed E-state index contributed by atoms with van der Waals surface area (Å²) in [5.74, 6) is 1.29. The van der Waals surface area contributed by atoms with Crippen molar-refractivity contribution in [3.63, 3.8) is 0 Å². The minimum atomic E-state index is -0.664. The van der Waals surface area contributed by atoms with Crippen molar-refractivity contribution in [2.45, 2.75) is 51.7 Å². The number of hydrogen-bond acceptors (Lipinski definition) is 5. The molecule has 3 atom stereocenters. The van der Waals surface area contributed by atoms with Gasteiger partial charge in [-0.3, -0.25) is 0 Å². The van der Waals surface area contributed by atoms with Crippen LogP contribution in [-0.4, -0.2) is 32.3 Å². The van der Waals surface area contributed by atoms with E-state index in [2.05, 4.69) is 17.6 Å². The molecule has 7 heteroatoms. The molecule has 152 valence electrons. The Morgan fingerprint density at radius 2 is 1.96 bits per heavy atom.